The Morgan fingerprint density at radius 3 is 2.55 bits per heavy atom. The van der Waals surface area contributed by atoms with Crippen molar-refractivity contribution in [3.63, 3.8) is 0 Å². The molecule has 1 aliphatic rings. The van der Waals surface area contributed by atoms with Crippen molar-refractivity contribution in [2.75, 3.05) is 11.4 Å². The molecule has 2 unspecified atom stereocenters. The van der Waals surface area contributed by atoms with E-state index in [2.05, 4.69) is 0 Å². The van der Waals surface area contributed by atoms with E-state index in [9.17, 15) is 33.2 Å². The molecule has 0 bridgehead atoms. The molecule has 7 nitrogen and oxygen atoms in total. The minimum Gasteiger partial charge on any atom is -0.480 e. The van der Waals surface area contributed by atoms with Crippen LogP contribution < -0.4 is 4.90 Å². The van der Waals surface area contributed by atoms with Crippen molar-refractivity contribution in [3.05, 3.63) is 33.9 Å². The van der Waals surface area contributed by atoms with Gasteiger partial charge < -0.3 is 15.1 Å². The van der Waals surface area contributed by atoms with Gasteiger partial charge in [-0.3, -0.25) is 10.1 Å². The molecule has 2 rings (SSSR count). The molecule has 2 N–H and O–H groups in total. The van der Waals surface area contributed by atoms with Crippen LogP contribution in [0.25, 0.3) is 0 Å². The van der Waals surface area contributed by atoms with Crippen LogP contribution in [-0.2, 0) is 11.0 Å². The van der Waals surface area contributed by atoms with Crippen LogP contribution in [0.1, 0.15) is 12.0 Å². The van der Waals surface area contributed by atoms with Gasteiger partial charge in [-0.1, -0.05) is 0 Å². The van der Waals surface area contributed by atoms with Gasteiger partial charge in [0.25, 0.3) is 5.69 Å². The van der Waals surface area contributed by atoms with Crippen LogP contribution in [0.5, 0.6) is 0 Å². The lowest BCUT2D eigenvalue weighted by Crippen LogP contribution is -2.36. The Hall–Kier alpha value is -2.36. The monoisotopic (exact) mass is 320 g/mol. The quantitative estimate of drug-likeness (QED) is 0.648. The fraction of sp³-hybridized carbons (Fsp3) is 0.417. The number of aliphatic hydroxyl groups is 1. The molecule has 0 spiro atoms. The van der Waals surface area contributed by atoms with Crippen LogP contribution in [0.15, 0.2) is 18.2 Å². The van der Waals surface area contributed by atoms with Gasteiger partial charge in [-0.25, -0.2) is 4.79 Å². The summed E-state index contributed by atoms with van der Waals surface area (Å²) in [7, 11) is 0. The number of carboxylic acid groups (broad SMARTS) is 1. The predicted octanol–water partition coefficient (Wildman–Crippen LogP) is 1.64. The van der Waals surface area contributed by atoms with Gasteiger partial charge in [0.2, 0.25) is 0 Å². The number of halogens is 3. The number of hydrogen-bond acceptors (Lipinski definition) is 5. The number of carboxylic acids is 1. The van der Waals surface area contributed by atoms with E-state index in [0.29, 0.717) is 12.1 Å². The molecule has 1 fully saturated rings. The number of carbonyl (C=O) groups is 1. The van der Waals surface area contributed by atoms with Crippen molar-refractivity contribution in [1.29, 1.82) is 0 Å². The SMILES string of the molecule is O=C(O)C1CC(O)CN1c1ccc([N+](=O)[O-])c(C(F)(F)F)c1. The Morgan fingerprint density at radius 2 is 2.05 bits per heavy atom. The first-order valence-corrected chi connectivity index (χ1v) is 6.14. The molecule has 2 atom stereocenters. The molecule has 1 aromatic carbocycles. The van der Waals surface area contributed by atoms with Crippen molar-refractivity contribution >= 4 is 17.3 Å². The Labute approximate surface area is 121 Å². The molecule has 10 heteroatoms. The summed E-state index contributed by atoms with van der Waals surface area (Å²) >= 11 is 0. The van der Waals surface area contributed by atoms with Crippen LogP contribution in [0.3, 0.4) is 0 Å². The summed E-state index contributed by atoms with van der Waals surface area (Å²) in [6.07, 6.45) is -6.08. The maximum Gasteiger partial charge on any atom is 0.423 e. The topological polar surface area (TPSA) is 104 Å². The first-order chi connectivity index (χ1) is 10.1. The normalized spacial score (nSPS) is 21.9. The predicted molar refractivity (Wildman–Crippen MR) is 67.5 cm³/mol. The number of nitro groups is 1. The van der Waals surface area contributed by atoms with E-state index in [-0.39, 0.29) is 18.7 Å². The van der Waals surface area contributed by atoms with Gasteiger partial charge >= 0.3 is 12.1 Å². The van der Waals surface area contributed by atoms with Crippen LogP contribution in [0.4, 0.5) is 24.5 Å². The highest BCUT2D eigenvalue weighted by molar-refractivity contribution is 5.79. The van der Waals surface area contributed by atoms with Crippen LogP contribution >= 0.6 is 0 Å². The van der Waals surface area contributed by atoms with Gasteiger partial charge in [0.05, 0.1) is 11.0 Å². The maximum absolute atomic E-state index is 12.9. The molecule has 1 heterocycles. The number of β-amino-alcohol motifs (C(OH)–C–C–N with tert-alkyl or cyclic N) is 1. The standard InChI is InChI=1S/C12H11F3N2O5/c13-12(14,15)8-3-6(1-2-9(8)17(21)22)16-5-7(18)4-10(16)11(19)20/h1-3,7,10,18H,4-5H2,(H,19,20). The summed E-state index contributed by atoms with van der Waals surface area (Å²) in [5.41, 5.74) is -2.70. The van der Waals surface area contributed by atoms with Gasteiger partial charge in [-0.2, -0.15) is 13.2 Å². The van der Waals surface area contributed by atoms with Crippen molar-refractivity contribution in [2.45, 2.75) is 24.7 Å². The fourth-order valence-corrected chi connectivity index (χ4v) is 2.42. The highest BCUT2D eigenvalue weighted by Crippen LogP contribution is 2.39. The first kappa shape index (κ1) is 16.0. The zero-order valence-corrected chi connectivity index (χ0v) is 10.9. The van der Waals surface area contributed by atoms with Gasteiger partial charge in [-0.05, 0) is 12.1 Å². The zero-order chi connectivity index (χ0) is 16.7. The Kier molecular flexibility index (Phi) is 3.96. The van der Waals surface area contributed by atoms with E-state index in [1.54, 1.807) is 0 Å². The van der Waals surface area contributed by atoms with E-state index in [0.717, 1.165) is 11.0 Å². The minimum absolute atomic E-state index is 0.131. The molecule has 0 radical (unpaired) electrons. The van der Waals surface area contributed by atoms with Crippen molar-refractivity contribution in [2.24, 2.45) is 0 Å². The van der Waals surface area contributed by atoms with E-state index in [1.807, 2.05) is 0 Å². The second-order valence-electron chi connectivity index (χ2n) is 4.85. The highest BCUT2D eigenvalue weighted by atomic mass is 19.4. The summed E-state index contributed by atoms with van der Waals surface area (Å²) in [6, 6.07) is 1.08. The molecule has 0 saturated carbocycles. The third-order valence-corrected chi connectivity index (χ3v) is 3.38. The number of nitrogens with zero attached hydrogens (tertiary/aromatic N) is 2. The lowest BCUT2D eigenvalue weighted by atomic mass is 10.1. The zero-order valence-electron chi connectivity index (χ0n) is 10.9. The number of aliphatic hydroxyl groups excluding tert-OH is 1. The second kappa shape index (κ2) is 5.44. The van der Waals surface area contributed by atoms with Crippen LogP contribution in [0, 0.1) is 10.1 Å². The summed E-state index contributed by atoms with van der Waals surface area (Å²) < 4.78 is 38.8. The number of benzene rings is 1. The second-order valence-corrected chi connectivity index (χ2v) is 4.85. The smallest absolute Gasteiger partial charge is 0.423 e. The number of anilines is 1. The molecule has 22 heavy (non-hydrogen) atoms. The summed E-state index contributed by atoms with van der Waals surface area (Å²) in [5, 5.41) is 29.3. The first-order valence-electron chi connectivity index (χ1n) is 6.14. The molecule has 0 aromatic heterocycles. The van der Waals surface area contributed by atoms with Crippen molar-refractivity contribution in [3.8, 4) is 0 Å². The summed E-state index contributed by atoms with van der Waals surface area (Å²) in [6.45, 7) is -0.161. The van der Waals surface area contributed by atoms with E-state index >= 15 is 0 Å². The Bertz CT molecular complexity index is 619. The van der Waals surface area contributed by atoms with Gasteiger partial charge in [0, 0.05) is 24.7 Å². The van der Waals surface area contributed by atoms with Gasteiger partial charge in [0.1, 0.15) is 11.6 Å². The number of aliphatic carboxylic acids is 1. The number of rotatable bonds is 3. The van der Waals surface area contributed by atoms with Crippen LogP contribution in [0.2, 0.25) is 0 Å². The molecular weight excluding hydrogens is 309 g/mol. The van der Waals surface area contributed by atoms with Crippen molar-refractivity contribution < 1.29 is 33.1 Å². The molecule has 1 aromatic rings. The van der Waals surface area contributed by atoms with Gasteiger partial charge in [0.15, 0.2) is 0 Å². The number of alkyl halides is 3. The van der Waals surface area contributed by atoms with E-state index in [1.165, 1.54) is 0 Å². The Balaban J connectivity index is 2.49. The van der Waals surface area contributed by atoms with Crippen LogP contribution in [-0.4, -0.2) is 39.8 Å². The molecule has 1 aliphatic heterocycles. The van der Waals surface area contributed by atoms with E-state index in [4.69, 9.17) is 5.11 Å². The number of nitro benzene ring substituents is 1. The lowest BCUT2D eigenvalue weighted by molar-refractivity contribution is -0.388. The average Bonchev–Trinajstić information content (AvgIpc) is 2.79. The fourth-order valence-electron chi connectivity index (χ4n) is 2.42. The summed E-state index contributed by atoms with van der Waals surface area (Å²) in [4.78, 5) is 21.7. The molecule has 1 saturated heterocycles. The van der Waals surface area contributed by atoms with Gasteiger partial charge in [-0.15, -0.1) is 0 Å². The minimum atomic E-state index is -4.95. The molecule has 0 aliphatic carbocycles. The highest BCUT2D eigenvalue weighted by Gasteiger charge is 2.41. The molecule has 0 amide bonds. The lowest BCUT2D eigenvalue weighted by Gasteiger charge is -2.24. The summed E-state index contributed by atoms with van der Waals surface area (Å²) in [5.74, 6) is -1.29. The molecular formula is C12H11F3N2O5. The third-order valence-electron chi connectivity index (χ3n) is 3.38. The average molecular weight is 320 g/mol. The molecule has 120 valence electrons. The maximum atomic E-state index is 12.9. The van der Waals surface area contributed by atoms with Crippen molar-refractivity contribution in [1.82, 2.24) is 0 Å². The third kappa shape index (κ3) is 2.96. The number of hydrogen-bond donors (Lipinski definition) is 2. The Morgan fingerprint density at radius 1 is 1.41 bits per heavy atom. The van der Waals surface area contributed by atoms with E-state index < -0.39 is 40.5 Å². The largest absolute Gasteiger partial charge is 0.480 e.